The number of nitrogens with one attached hydrogen (secondary N) is 1. The SMILES string of the molecule is C=CCCCCCNc1cccc(F)c1F. The third-order valence-corrected chi connectivity index (χ3v) is 2.35. The fourth-order valence-corrected chi connectivity index (χ4v) is 1.45. The van der Waals surface area contributed by atoms with Crippen molar-refractivity contribution >= 4 is 5.69 Å². The highest BCUT2D eigenvalue weighted by Crippen LogP contribution is 2.16. The second-order valence-corrected chi connectivity index (χ2v) is 3.67. The Balaban J connectivity index is 2.26. The Morgan fingerprint density at radius 1 is 1.19 bits per heavy atom. The molecule has 0 aliphatic rings. The number of rotatable bonds is 7. The molecule has 0 atom stereocenters. The number of benzene rings is 1. The van der Waals surface area contributed by atoms with Gasteiger partial charge in [0.1, 0.15) is 0 Å². The smallest absolute Gasteiger partial charge is 0.181 e. The summed E-state index contributed by atoms with van der Waals surface area (Å²) in [6.45, 7) is 4.30. The van der Waals surface area contributed by atoms with Crippen LogP contribution in [0, 0.1) is 11.6 Å². The first kappa shape index (κ1) is 12.7. The first-order valence-electron chi connectivity index (χ1n) is 5.54. The molecule has 1 nitrogen and oxygen atoms in total. The minimum Gasteiger partial charge on any atom is -0.383 e. The summed E-state index contributed by atoms with van der Waals surface area (Å²) in [6.07, 6.45) is 6.00. The maximum atomic E-state index is 13.2. The lowest BCUT2D eigenvalue weighted by Gasteiger charge is -2.07. The van der Waals surface area contributed by atoms with Crippen LogP contribution in [0.2, 0.25) is 0 Å². The molecule has 0 fully saturated rings. The van der Waals surface area contributed by atoms with Gasteiger partial charge < -0.3 is 5.32 Å². The molecule has 88 valence electrons. The standard InChI is InChI=1S/C13H17F2N/c1-2-3-4-5-6-10-16-12-9-7-8-11(14)13(12)15/h2,7-9,16H,1,3-6,10H2. The maximum Gasteiger partial charge on any atom is 0.181 e. The van der Waals surface area contributed by atoms with E-state index in [1.54, 1.807) is 6.07 Å². The molecule has 0 aliphatic carbocycles. The van der Waals surface area contributed by atoms with Gasteiger partial charge in [0.25, 0.3) is 0 Å². The van der Waals surface area contributed by atoms with Gasteiger partial charge in [-0.3, -0.25) is 0 Å². The van der Waals surface area contributed by atoms with Gasteiger partial charge >= 0.3 is 0 Å². The van der Waals surface area contributed by atoms with Crippen LogP contribution in [0.25, 0.3) is 0 Å². The molecule has 0 aromatic heterocycles. The molecule has 0 unspecified atom stereocenters. The number of allylic oxidation sites excluding steroid dienone is 1. The average molecular weight is 225 g/mol. The lowest BCUT2D eigenvalue weighted by molar-refractivity contribution is 0.510. The molecule has 16 heavy (non-hydrogen) atoms. The Labute approximate surface area is 95.2 Å². The van der Waals surface area contributed by atoms with E-state index in [1.807, 2.05) is 6.08 Å². The number of unbranched alkanes of at least 4 members (excludes halogenated alkanes) is 3. The first-order chi connectivity index (χ1) is 7.75. The van der Waals surface area contributed by atoms with Crippen LogP contribution in [0.1, 0.15) is 25.7 Å². The summed E-state index contributed by atoms with van der Waals surface area (Å²) in [5.41, 5.74) is 0.240. The topological polar surface area (TPSA) is 12.0 Å². The van der Waals surface area contributed by atoms with Gasteiger partial charge in [0, 0.05) is 6.54 Å². The van der Waals surface area contributed by atoms with Crippen molar-refractivity contribution in [3.05, 3.63) is 42.5 Å². The van der Waals surface area contributed by atoms with Crippen molar-refractivity contribution in [2.75, 3.05) is 11.9 Å². The zero-order valence-corrected chi connectivity index (χ0v) is 9.31. The van der Waals surface area contributed by atoms with Crippen LogP contribution in [0.5, 0.6) is 0 Å². The molecule has 0 saturated heterocycles. The Hall–Kier alpha value is -1.38. The molecule has 0 aliphatic heterocycles. The van der Waals surface area contributed by atoms with Crippen LogP contribution in [0.3, 0.4) is 0 Å². The summed E-state index contributed by atoms with van der Waals surface area (Å²) >= 11 is 0. The van der Waals surface area contributed by atoms with Crippen molar-refractivity contribution < 1.29 is 8.78 Å². The predicted octanol–water partition coefficient (Wildman–Crippen LogP) is 4.12. The van der Waals surface area contributed by atoms with E-state index in [0.29, 0.717) is 6.54 Å². The van der Waals surface area contributed by atoms with E-state index in [9.17, 15) is 8.78 Å². The average Bonchev–Trinajstić information content (AvgIpc) is 2.29. The Morgan fingerprint density at radius 3 is 2.75 bits per heavy atom. The Kier molecular flexibility index (Phi) is 5.54. The van der Waals surface area contributed by atoms with Gasteiger partial charge in [0.2, 0.25) is 0 Å². The third-order valence-electron chi connectivity index (χ3n) is 2.35. The number of anilines is 1. The van der Waals surface area contributed by atoms with Gasteiger partial charge in [-0.1, -0.05) is 18.6 Å². The van der Waals surface area contributed by atoms with Crippen LogP contribution in [-0.4, -0.2) is 6.54 Å². The van der Waals surface area contributed by atoms with Gasteiger partial charge in [-0.2, -0.15) is 0 Å². The molecule has 0 amide bonds. The summed E-state index contributed by atoms with van der Waals surface area (Å²) < 4.78 is 26.0. The Bertz CT molecular complexity index is 337. The van der Waals surface area contributed by atoms with Crippen molar-refractivity contribution in [2.45, 2.75) is 25.7 Å². The molecule has 0 saturated carbocycles. The predicted molar refractivity (Wildman–Crippen MR) is 63.5 cm³/mol. The summed E-state index contributed by atoms with van der Waals surface area (Å²) in [5, 5.41) is 2.89. The third kappa shape index (κ3) is 4.01. The molecular weight excluding hydrogens is 208 g/mol. The number of halogens is 2. The minimum absolute atomic E-state index is 0.240. The summed E-state index contributed by atoms with van der Waals surface area (Å²) in [7, 11) is 0. The highest BCUT2D eigenvalue weighted by molar-refractivity contribution is 5.44. The van der Waals surface area contributed by atoms with E-state index >= 15 is 0 Å². The Morgan fingerprint density at radius 2 is 2.00 bits per heavy atom. The van der Waals surface area contributed by atoms with E-state index in [0.717, 1.165) is 31.7 Å². The molecule has 3 heteroatoms. The van der Waals surface area contributed by atoms with Crippen LogP contribution in [0.4, 0.5) is 14.5 Å². The van der Waals surface area contributed by atoms with Crippen molar-refractivity contribution in [3.63, 3.8) is 0 Å². The largest absolute Gasteiger partial charge is 0.383 e. The quantitative estimate of drug-likeness (QED) is 0.543. The van der Waals surface area contributed by atoms with Gasteiger partial charge in [0.05, 0.1) is 5.69 Å². The van der Waals surface area contributed by atoms with Crippen molar-refractivity contribution in [2.24, 2.45) is 0 Å². The molecule has 0 bridgehead atoms. The van der Waals surface area contributed by atoms with Crippen LogP contribution < -0.4 is 5.32 Å². The molecule has 0 heterocycles. The lowest BCUT2D eigenvalue weighted by Crippen LogP contribution is -2.04. The van der Waals surface area contributed by atoms with Crippen LogP contribution in [-0.2, 0) is 0 Å². The molecule has 1 aromatic carbocycles. The zero-order valence-electron chi connectivity index (χ0n) is 9.31. The van der Waals surface area contributed by atoms with E-state index < -0.39 is 11.6 Å². The van der Waals surface area contributed by atoms with E-state index in [2.05, 4.69) is 11.9 Å². The fourth-order valence-electron chi connectivity index (χ4n) is 1.45. The molecule has 1 aromatic rings. The molecule has 1 rings (SSSR count). The zero-order chi connectivity index (χ0) is 11.8. The fraction of sp³-hybridized carbons (Fsp3) is 0.385. The number of hydrogen-bond acceptors (Lipinski definition) is 1. The summed E-state index contributed by atoms with van der Waals surface area (Å²) in [5.74, 6) is -1.61. The first-order valence-corrected chi connectivity index (χ1v) is 5.54. The molecular formula is C13H17F2N. The van der Waals surface area contributed by atoms with E-state index in [1.165, 1.54) is 6.07 Å². The minimum atomic E-state index is -0.809. The summed E-state index contributed by atoms with van der Waals surface area (Å²) in [4.78, 5) is 0. The highest BCUT2D eigenvalue weighted by atomic mass is 19.2. The van der Waals surface area contributed by atoms with E-state index in [-0.39, 0.29) is 5.69 Å². The maximum absolute atomic E-state index is 13.2. The summed E-state index contributed by atoms with van der Waals surface area (Å²) in [6, 6.07) is 4.16. The van der Waals surface area contributed by atoms with Gasteiger partial charge in [-0.05, 0) is 31.4 Å². The number of hydrogen-bond donors (Lipinski definition) is 1. The van der Waals surface area contributed by atoms with Crippen molar-refractivity contribution in [1.82, 2.24) is 0 Å². The van der Waals surface area contributed by atoms with Crippen molar-refractivity contribution in [3.8, 4) is 0 Å². The molecule has 0 spiro atoms. The lowest BCUT2D eigenvalue weighted by atomic mass is 10.2. The van der Waals surface area contributed by atoms with Crippen LogP contribution in [0.15, 0.2) is 30.9 Å². The van der Waals surface area contributed by atoms with Gasteiger partial charge in [-0.25, -0.2) is 8.78 Å². The van der Waals surface area contributed by atoms with Gasteiger partial charge in [0.15, 0.2) is 11.6 Å². The monoisotopic (exact) mass is 225 g/mol. The van der Waals surface area contributed by atoms with Crippen molar-refractivity contribution in [1.29, 1.82) is 0 Å². The van der Waals surface area contributed by atoms with Gasteiger partial charge in [-0.15, -0.1) is 6.58 Å². The van der Waals surface area contributed by atoms with Crippen LogP contribution >= 0.6 is 0 Å². The molecule has 1 N–H and O–H groups in total. The second kappa shape index (κ2) is 6.99. The molecule has 0 radical (unpaired) electrons. The normalized spacial score (nSPS) is 10.1. The van der Waals surface area contributed by atoms with E-state index in [4.69, 9.17) is 0 Å². The highest BCUT2D eigenvalue weighted by Gasteiger charge is 2.05. The second-order valence-electron chi connectivity index (χ2n) is 3.67.